The normalized spacial score (nSPS) is 11.4. The monoisotopic (exact) mass is 546 g/mol. The lowest BCUT2D eigenvalue weighted by atomic mass is 10.1. The predicted molar refractivity (Wildman–Crippen MR) is 147 cm³/mol. The van der Waals surface area contributed by atoms with Gasteiger partial charge in [-0.2, -0.15) is 23.3 Å². The minimum absolute atomic E-state index is 0.0490. The van der Waals surface area contributed by atoms with Crippen molar-refractivity contribution in [3.05, 3.63) is 95.4 Å². The molecule has 40 heavy (non-hydrogen) atoms. The van der Waals surface area contributed by atoms with Crippen molar-refractivity contribution in [3.63, 3.8) is 0 Å². The van der Waals surface area contributed by atoms with Crippen molar-refractivity contribution >= 4 is 40.1 Å². The molecule has 0 aliphatic heterocycles. The molecule has 0 atom stereocenters. The SMILES string of the molecule is Cc1ccc(C(=O)Nc2cccc(C(F)(F)F)c2)cc1Nc1nn(C)c2nc(NCCc3ccncc3)ncc12. The van der Waals surface area contributed by atoms with Gasteiger partial charge in [-0.05, 0) is 66.9 Å². The molecule has 9 nitrogen and oxygen atoms in total. The molecular formula is C28H25F3N8O. The van der Waals surface area contributed by atoms with E-state index in [2.05, 4.69) is 36.0 Å². The summed E-state index contributed by atoms with van der Waals surface area (Å²) in [4.78, 5) is 25.9. The van der Waals surface area contributed by atoms with Crippen LogP contribution in [0.2, 0.25) is 0 Å². The Morgan fingerprint density at radius 3 is 2.62 bits per heavy atom. The smallest absolute Gasteiger partial charge is 0.354 e. The molecule has 2 aromatic carbocycles. The number of fused-ring (bicyclic) bond motifs is 1. The highest BCUT2D eigenvalue weighted by atomic mass is 19.4. The standard InChI is InChI=1S/C28H25F3N8O/c1-17-6-7-19(26(40)35-21-5-3-4-20(15-21)28(29,30)31)14-23(17)36-24-22-16-34-27(37-25(22)39(2)38-24)33-13-10-18-8-11-32-12-9-18/h3-9,11-12,14-16H,10,13H2,1-2H3,(H,35,40)(H,36,38)(H,33,34,37). The van der Waals surface area contributed by atoms with Gasteiger partial charge in [0.1, 0.15) is 0 Å². The summed E-state index contributed by atoms with van der Waals surface area (Å²) in [5.74, 6) is 0.430. The average Bonchev–Trinajstić information content (AvgIpc) is 3.24. The molecule has 1 amide bonds. The van der Waals surface area contributed by atoms with E-state index in [0.717, 1.165) is 29.7 Å². The number of amides is 1. The van der Waals surface area contributed by atoms with E-state index < -0.39 is 17.6 Å². The molecule has 3 heterocycles. The van der Waals surface area contributed by atoms with Crippen LogP contribution in [0.1, 0.15) is 27.0 Å². The summed E-state index contributed by atoms with van der Waals surface area (Å²) in [5.41, 5.74) is 2.68. The number of aryl methyl sites for hydroxylation is 2. The maximum Gasteiger partial charge on any atom is 0.416 e. The molecule has 0 aliphatic rings. The summed E-state index contributed by atoms with van der Waals surface area (Å²) in [6.07, 6.45) is 1.46. The zero-order valence-corrected chi connectivity index (χ0v) is 21.6. The molecule has 0 unspecified atom stereocenters. The van der Waals surface area contributed by atoms with Gasteiger partial charge in [0.25, 0.3) is 5.91 Å². The molecule has 0 radical (unpaired) electrons. The maximum atomic E-state index is 13.0. The minimum Gasteiger partial charge on any atom is -0.354 e. The van der Waals surface area contributed by atoms with Gasteiger partial charge in [-0.25, -0.2) is 9.67 Å². The Kier molecular flexibility index (Phi) is 7.32. The van der Waals surface area contributed by atoms with Crippen molar-refractivity contribution in [2.75, 3.05) is 22.5 Å². The molecule has 0 aliphatic carbocycles. The fourth-order valence-electron chi connectivity index (χ4n) is 4.09. The van der Waals surface area contributed by atoms with Crippen LogP contribution >= 0.6 is 0 Å². The first-order chi connectivity index (χ1) is 19.2. The van der Waals surface area contributed by atoms with Crippen LogP contribution in [0.3, 0.4) is 0 Å². The zero-order valence-electron chi connectivity index (χ0n) is 21.6. The number of benzene rings is 2. The topological polar surface area (TPSA) is 110 Å². The van der Waals surface area contributed by atoms with Gasteiger partial charge in [0.15, 0.2) is 11.5 Å². The fraction of sp³-hybridized carbons (Fsp3) is 0.179. The lowest BCUT2D eigenvalue weighted by molar-refractivity contribution is -0.137. The van der Waals surface area contributed by atoms with Crippen LogP contribution in [0.4, 0.5) is 36.3 Å². The number of rotatable bonds is 8. The highest BCUT2D eigenvalue weighted by molar-refractivity contribution is 6.05. The Morgan fingerprint density at radius 1 is 1.05 bits per heavy atom. The van der Waals surface area contributed by atoms with Crippen molar-refractivity contribution in [2.45, 2.75) is 19.5 Å². The Hall–Kier alpha value is -5.00. The molecule has 12 heteroatoms. The highest BCUT2D eigenvalue weighted by Gasteiger charge is 2.30. The van der Waals surface area contributed by atoms with Crippen LogP contribution in [0.25, 0.3) is 11.0 Å². The number of aromatic nitrogens is 5. The summed E-state index contributed by atoms with van der Waals surface area (Å²) in [6.45, 7) is 2.51. The molecule has 0 fully saturated rings. The summed E-state index contributed by atoms with van der Waals surface area (Å²) in [7, 11) is 1.77. The van der Waals surface area contributed by atoms with Gasteiger partial charge in [-0.3, -0.25) is 9.78 Å². The van der Waals surface area contributed by atoms with E-state index in [1.54, 1.807) is 48.5 Å². The number of carbonyl (C=O) groups excluding carboxylic acids is 1. The summed E-state index contributed by atoms with van der Waals surface area (Å²) in [6, 6.07) is 13.4. The molecule has 0 saturated carbocycles. The van der Waals surface area contributed by atoms with Crippen LogP contribution in [-0.4, -0.2) is 37.2 Å². The van der Waals surface area contributed by atoms with Crippen molar-refractivity contribution in [3.8, 4) is 0 Å². The summed E-state index contributed by atoms with van der Waals surface area (Å²) < 4.78 is 40.8. The van der Waals surface area contributed by atoms with Crippen molar-refractivity contribution in [1.29, 1.82) is 0 Å². The number of nitrogens with zero attached hydrogens (tertiary/aromatic N) is 5. The van der Waals surface area contributed by atoms with Crippen LogP contribution < -0.4 is 16.0 Å². The Morgan fingerprint density at radius 2 is 1.85 bits per heavy atom. The zero-order chi connectivity index (χ0) is 28.3. The highest BCUT2D eigenvalue weighted by Crippen LogP contribution is 2.31. The van der Waals surface area contributed by atoms with Crippen molar-refractivity contribution in [1.82, 2.24) is 24.7 Å². The second-order valence-electron chi connectivity index (χ2n) is 9.12. The van der Waals surface area contributed by atoms with E-state index in [4.69, 9.17) is 0 Å². The minimum atomic E-state index is -4.51. The fourth-order valence-corrected chi connectivity index (χ4v) is 4.09. The van der Waals surface area contributed by atoms with Gasteiger partial charge in [0.05, 0.1) is 10.9 Å². The number of anilines is 4. The van der Waals surface area contributed by atoms with Crippen LogP contribution in [0, 0.1) is 6.92 Å². The molecule has 5 aromatic rings. The molecule has 3 aromatic heterocycles. The number of pyridine rings is 1. The molecule has 0 bridgehead atoms. The second kappa shape index (κ2) is 11.0. The van der Waals surface area contributed by atoms with E-state index in [-0.39, 0.29) is 11.3 Å². The third-order valence-corrected chi connectivity index (χ3v) is 6.23. The largest absolute Gasteiger partial charge is 0.416 e. The van der Waals surface area contributed by atoms with E-state index >= 15 is 0 Å². The number of halogens is 3. The van der Waals surface area contributed by atoms with Gasteiger partial charge in [0.2, 0.25) is 5.95 Å². The number of nitrogens with one attached hydrogen (secondary N) is 3. The van der Waals surface area contributed by atoms with E-state index in [0.29, 0.717) is 35.0 Å². The quantitative estimate of drug-likeness (QED) is 0.228. The molecule has 5 rings (SSSR count). The van der Waals surface area contributed by atoms with Gasteiger partial charge in [-0.15, -0.1) is 0 Å². The van der Waals surface area contributed by atoms with Crippen LogP contribution in [0.5, 0.6) is 0 Å². The van der Waals surface area contributed by atoms with E-state index in [9.17, 15) is 18.0 Å². The predicted octanol–water partition coefficient (Wildman–Crippen LogP) is 5.74. The lowest BCUT2D eigenvalue weighted by Crippen LogP contribution is -2.13. The Labute approximate surface area is 227 Å². The van der Waals surface area contributed by atoms with Gasteiger partial charge < -0.3 is 16.0 Å². The number of hydrogen-bond donors (Lipinski definition) is 3. The maximum absolute atomic E-state index is 13.0. The Balaban J connectivity index is 1.31. The van der Waals surface area contributed by atoms with Crippen LogP contribution in [0.15, 0.2) is 73.2 Å². The first-order valence-corrected chi connectivity index (χ1v) is 12.4. The van der Waals surface area contributed by atoms with Gasteiger partial charge >= 0.3 is 6.18 Å². The lowest BCUT2D eigenvalue weighted by Gasteiger charge is -2.12. The summed E-state index contributed by atoms with van der Waals surface area (Å²) >= 11 is 0. The van der Waals surface area contributed by atoms with Gasteiger partial charge in [-0.1, -0.05) is 12.1 Å². The average molecular weight is 547 g/mol. The number of alkyl halides is 3. The first kappa shape index (κ1) is 26.6. The van der Waals surface area contributed by atoms with Crippen molar-refractivity contribution in [2.24, 2.45) is 7.05 Å². The molecule has 0 saturated heterocycles. The molecule has 0 spiro atoms. The molecule has 3 N–H and O–H groups in total. The number of carbonyl (C=O) groups is 1. The number of hydrogen-bond acceptors (Lipinski definition) is 7. The van der Waals surface area contributed by atoms with E-state index in [1.807, 2.05) is 19.1 Å². The van der Waals surface area contributed by atoms with Crippen LogP contribution in [-0.2, 0) is 19.6 Å². The van der Waals surface area contributed by atoms with E-state index in [1.165, 1.54) is 12.1 Å². The molecule has 204 valence electrons. The third kappa shape index (κ3) is 6.01. The molecular weight excluding hydrogens is 521 g/mol. The van der Waals surface area contributed by atoms with Gasteiger partial charge in [0, 0.05) is 49.1 Å². The second-order valence-corrected chi connectivity index (χ2v) is 9.12. The third-order valence-electron chi connectivity index (χ3n) is 6.23. The first-order valence-electron chi connectivity index (χ1n) is 12.4. The Bertz CT molecular complexity index is 1670. The van der Waals surface area contributed by atoms with Crippen molar-refractivity contribution < 1.29 is 18.0 Å². The summed E-state index contributed by atoms with van der Waals surface area (Å²) in [5, 5.41) is 14.2.